The van der Waals surface area contributed by atoms with E-state index < -0.39 is 0 Å². The monoisotopic (exact) mass is 298 g/mol. The second kappa shape index (κ2) is 6.24. The third-order valence-electron chi connectivity index (χ3n) is 3.52. The number of methoxy groups -OCH3 is 1. The first-order valence-corrected chi connectivity index (χ1v) is 7.91. The number of nitrogens with one attached hydrogen (secondary N) is 1. The first-order chi connectivity index (χ1) is 10.3. The van der Waals surface area contributed by atoms with Crippen molar-refractivity contribution < 1.29 is 4.74 Å². The van der Waals surface area contributed by atoms with Crippen LogP contribution in [0.2, 0.25) is 0 Å². The Morgan fingerprint density at radius 2 is 2.10 bits per heavy atom. The molecular weight excluding hydrogens is 280 g/mol. The Kier molecular flexibility index (Phi) is 4.18. The summed E-state index contributed by atoms with van der Waals surface area (Å²) in [7, 11) is 1.69. The molecule has 3 aromatic rings. The van der Waals surface area contributed by atoms with E-state index in [1.165, 1.54) is 15.6 Å². The Morgan fingerprint density at radius 3 is 2.90 bits per heavy atom. The zero-order valence-electron chi connectivity index (χ0n) is 12.2. The Labute approximate surface area is 128 Å². The molecule has 0 spiro atoms. The predicted molar refractivity (Wildman–Crippen MR) is 88.1 cm³/mol. The highest BCUT2D eigenvalue weighted by Crippen LogP contribution is 2.35. The molecule has 1 atom stereocenters. The smallest absolute Gasteiger partial charge is 0.142 e. The fourth-order valence-corrected chi connectivity index (χ4v) is 3.56. The maximum Gasteiger partial charge on any atom is 0.142 e. The lowest BCUT2D eigenvalue weighted by Gasteiger charge is -2.19. The molecule has 0 fully saturated rings. The number of hydrogen-bond donors (Lipinski definition) is 1. The molecule has 0 aliphatic carbocycles. The average molecular weight is 298 g/mol. The molecule has 1 aromatic carbocycles. The molecule has 3 nitrogen and oxygen atoms in total. The lowest BCUT2D eigenvalue weighted by atomic mass is 10.0. The summed E-state index contributed by atoms with van der Waals surface area (Å²) in [5.41, 5.74) is 2.19. The highest BCUT2D eigenvalue weighted by Gasteiger charge is 2.21. The van der Waals surface area contributed by atoms with Gasteiger partial charge in [0.05, 0.1) is 13.2 Å². The quantitative estimate of drug-likeness (QED) is 0.773. The molecule has 1 N–H and O–H groups in total. The third-order valence-corrected chi connectivity index (χ3v) is 4.50. The van der Waals surface area contributed by atoms with Gasteiger partial charge in [-0.05, 0) is 41.1 Å². The van der Waals surface area contributed by atoms with Gasteiger partial charge in [0.25, 0.3) is 0 Å². The summed E-state index contributed by atoms with van der Waals surface area (Å²) in [4.78, 5) is 4.55. The summed E-state index contributed by atoms with van der Waals surface area (Å²) in [5, 5.41) is 7.03. The largest absolute Gasteiger partial charge is 0.495 e. The van der Waals surface area contributed by atoms with Crippen LogP contribution >= 0.6 is 11.3 Å². The summed E-state index contributed by atoms with van der Waals surface area (Å²) < 4.78 is 6.78. The third kappa shape index (κ3) is 2.64. The van der Waals surface area contributed by atoms with Gasteiger partial charge in [0.1, 0.15) is 11.4 Å². The van der Waals surface area contributed by atoms with Gasteiger partial charge in [-0.1, -0.05) is 25.1 Å². The van der Waals surface area contributed by atoms with E-state index in [1.54, 1.807) is 18.4 Å². The van der Waals surface area contributed by atoms with Gasteiger partial charge in [0.15, 0.2) is 0 Å². The first kappa shape index (κ1) is 14.0. The van der Waals surface area contributed by atoms with Crippen molar-refractivity contribution in [3.05, 3.63) is 59.2 Å². The Bertz CT molecular complexity index is 738. The summed E-state index contributed by atoms with van der Waals surface area (Å²) in [6.45, 7) is 2.98. The van der Waals surface area contributed by atoms with Gasteiger partial charge in [-0.3, -0.25) is 4.98 Å². The highest BCUT2D eigenvalue weighted by molar-refractivity contribution is 7.17. The molecule has 0 aliphatic rings. The molecule has 0 bridgehead atoms. The number of pyridine rings is 1. The standard InChI is InChI=1S/C17H18N2OS/c1-3-18-16(17-14(20-2)8-6-10-19-17)13-11-21-15-9-5-4-7-12(13)15/h4-11,16,18H,3H2,1-2H3. The average Bonchev–Trinajstić information content (AvgIpc) is 2.96. The van der Waals surface area contributed by atoms with Gasteiger partial charge in [0, 0.05) is 10.9 Å². The van der Waals surface area contributed by atoms with E-state index >= 15 is 0 Å². The normalized spacial score (nSPS) is 12.5. The van der Waals surface area contributed by atoms with Crippen molar-refractivity contribution in [1.29, 1.82) is 0 Å². The van der Waals surface area contributed by atoms with Crippen LogP contribution in [0.3, 0.4) is 0 Å². The molecule has 0 saturated heterocycles. The summed E-state index contributed by atoms with van der Waals surface area (Å²) in [6.07, 6.45) is 1.82. The number of aromatic nitrogens is 1. The van der Waals surface area contributed by atoms with Crippen molar-refractivity contribution in [3.8, 4) is 5.75 Å². The molecule has 0 saturated carbocycles. The van der Waals surface area contributed by atoms with Gasteiger partial charge >= 0.3 is 0 Å². The van der Waals surface area contributed by atoms with E-state index in [2.05, 4.69) is 46.9 Å². The number of ether oxygens (including phenoxy) is 1. The van der Waals surface area contributed by atoms with Crippen LogP contribution in [0.25, 0.3) is 10.1 Å². The fraction of sp³-hybridized carbons (Fsp3) is 0.235. The fourth-order valence-electron chi connectivity index (χ4n) is 2.57. The van der Waals surface area contributed by atoms with Crippen LogP contribution in [0, 0.1) is 0 Å². The van der Waals surface area contributed by atoms with E-state index in [1.807, 2.05) is 18.3 Å². The SMILES string of the molecule is CCNC(c1ncccc1OC)c1csc2ccccc12. The van der Waals surface area contributed by atoms with Crippen molar-refractivity contribution in [2.75, 3.05) is 13.7 Å². The van der Waals surface area contributed by atoms with E-state index in [9.17, 15) is 0 Å². The Morgan fingerprint density at radius 1 is 1.24 bits per heavy atom. The molecule has 108 valence electrons. The zero-order chi connectivity index (χ0) is 14.7. The molecular formula is C17H18N2OS. The number of fused-ring (bicyclic) bond motifs is 1. The zero-order valence-corrected chi connectivity index (χ0v) is 13.0. The lowest BCUT2D eigenvalue weighted by molar-refractivity contribution is 0.400. The first-order valence-electron chi connectivity index (χ1n) is 7.03. The molecule has 4 heteroatoms. The molecule has 0 aliphatic heterocycles. The van der Waals surface area contributed by atoms with E-state index in [0.29, 0.717) is 0 Å². The van der Waals surface area contributed by atoms with Gasteiger partial charge in [-0.15, -0.1) is 11.3 Å². The van der Waals surface area contributed by atoms with Gasteiger partial charge in [0.2, 0.25) is 0 Å². The summed E-state index contributed by atoms with van der Waals surface area (Å²) >= 11 is 1.77. The molecule has 0 radical (unpaired) electrons. The lowest BCUT2D eigenvalue weighted by Crippen LogP contribution is -2.23. The maximum absolute atomic E-state index is 5.48. The molecule has 1 unspecified atom stereocenters. The van der Waals surface area contributed by atoms with Gasteiger partial charge in [-0.2, -0.15) is 0 Å². The molecule has 2 heterocycles. The number of hydrogen-bond acceptors (Lipinski definition) is 4. The highest BCUT2D eigenvalue weighted by atomic mass is 32.1. The van der Waals surface area contributed by atoms with Crippen LogP contribution in [-0.4, -0.2) is 18.6 Å². The van der Waals surface area contributed by atoms with Crippen molar-refractivity contribution in [2.24, 2.45) is 0 Å². The number of thiophene rings is 1. The van der Waals surface area contributed by atoms with Crippen molar-refractivity contribution in [3.63, 3.8) is 0 Å². The van der Waals surface area contributed by atoms with Crippen LogP contribution in [0.5, 0.6) is 5.75 Å². The number of benzene rings is 1. The second-order valence-corrected chi connectivity index (χ2v) is 5.68. The van der Waals surface area contributed by atoms with Crippen LogP contribution in [-0.2, 0) is 0 Å². The Balaban J connectivity index is 2.13. The maximum atomic E-state index is 5.48. The van der Waals surface area contributed by atoms with Crippen LogP contribution in [0.4, 0.5) is 0 Å². The van der Waals surface area contributed by atoms with Crippen LogP contribution < -0.4 is 10.1 Å². The molecule has 21 heavy (non-hydrogen) atoms. The minimum atomic E-state index is 0.0438. The minimum absolute atomic E-state index is 0.0438. The van der Waals surface area contributed by atoms with E-state index in [-0.39, 0.29) is 6.04 Å². The summed E-state index contributed by atoms with van der Waals surface area (Å²) in [6, 6.07) is 12.4. The predicted octanol–water partition coefficient (Wildman–Crippen LogP) is 4.00. The number of nitrogens with zero attached hydrogens (tertiary/aromatic N) is 1. The molecule has 3 rings (SSSR count). The Hall–Kier alpha value is -1.91. The van der Waals surface area contributed by atoms with E-state index in [4.69, 9.17) is 4.74 Å². The van der Waals surface area contributed by atoms with E-state index in [0.717, 1.165) is 18.0 Å². The molecule has 0 amide bonds. The topological polar surface area (TPSA) is 34.2 Å². The minimum Gasteiger partial charge on any atom is -0.495 e. The molecule has 2 aromatic heterocycles. The van der Waals surface area contributed by atoms with Gasteiger partial charge < -0.3 is 10.1 Å². The van der Waals surface area contributed by atoms with Crippen LogP contribution in [0.1, 0.15) is 24.2 Å². The van der Waals surface area contributed by atoms with Crippen molar-refractivity contribution in [1.82, 2.24) is 10.3 Å². The van der Waals surface area contributed by atoms with Crippen molar-refractivity contribution in [2.45, 2.75) is 13.0 Å². The van der Waals surface area contributed by atoms with Crippen LogP contribution in [0.15, 0.2) is 48.0 Å². The summed E-state index contributed by atoms with van der Waals surface area (Å²) in [5.74, 6) is 0.818. The van der Waals surface area contributed by atoms with Crippen molar-refractivity contribution >= 4 is 21.4 Å². The second-order valence-electron chi connectivity index (χ2n) is 4.77. The number of rotatable bonds is 5. The van der Waals surface area contributed by atoms with Gasteiger partial charge in [-0.25, -0.2) is 0 Å².